The van der Waals surface area contributed by atoms with E-state index in [-0.39, 0.29) is 6.42 Å². The summed E-state index contributed by atoms with van der Waals surface area (Å²) in [5.74, 6) is 0. The van der Waals surface area contributed by atoms with E-state index < -0.39 is 33.4 Å². The maximum absolute atomic E-state index is 13.5. The van der Waals surface area contributed by atoms with E-state index in [9.17, 15) is 17.4 Å². The van der Waals surface area contributed by atoms with Crippen molar-refractivity contribution in [3.8, 4) is 0 Å². The zero-order valence-corrected chi connectivity index (χ0v) is 14.4. The molecule has 6 heteroatoms. The van der Waals surface area contributed by atoms with E-state index in [0.717, 1.165) is 5.56 Å². The molecule has 2 unspecified atom stereocenters. The van der Waals surface area contributed by atoms with Gasteiger partial charge in [0.15, 0.2) is 0 Å². The molecule has 0 amide bonds. The number of alkyl halides is 3. The minimum Gasteiger partial charge on any atom is -0.242 e. The lowest BCUT2D eigenvalue weighted by Crippen LogP contribution is -2.55. The van der Waals surface area contributed by atoms with Crippen molar-refractivity contribution in [2.75, 3.05) is 0 Å². The summed E-state index contributed by atoms with van der Waals surface area (Å²) in [6.45, 7) is 8.03. The smallest absolute Gasteiger partial charge is 0.242 e. The summed E-state index contributed by atoms with van der Waals surface area (Å²) in [7, 11) is -1.79. The number of halogens is 3. The van der Waals surface area contributed by atoms with Crippen molar-refractivity contribution in [1.82, 2.24) is 4.72 Å². The van der Waals surface area contributed by atoms with Crippen molar-refractivity contribution in [2.24, 2.45) is 5.41 Å². The molecular weight excluding hydrogens is 311 g/mol. The van der Waals surface area contributed by atoms with Crippen LogP contribution in [0.2, 0.25) is 0 Å². The van der Waals surface area contributed by atoms with Gasteiger partial charge in [-0.2, -0.15) is 13.2 Å². The third-order valence-electron chi connectivity index (χ3n) is 3.39. The second kappa shape index (κ2) is 6.71. The number of rotatable bonds is 5. The Kier molecular flexibility index (Phi) is 5.84. The van der Waals surface area contributed by atoms with Crippen molar-refractivity contribution >= 4 is 11.0 Å². The quantitative estimate of drug-likeness (QED) is 0.857. The highest BCUT2D eigenvalue weighted by Gasteiger charge is 2.50. The topological polar surface area (TPSA) is 29.1 Å². The Bertz CT molecular complexity index is 506. The van der Waals surface area contributed by atoms with Crippen LogP contribution in [0.15, 0.2) is 30.3 Å². The van der Waals surface area contributed by atoms with Gasteiger partial charge in [0.05, 0.1) is 15.7 Å². The van der Waals surface area contributed by atoms with E-state index in [4.69, 9.17) is 0 Å². The second-order valence-electron chi connectivity index (χ2n) is 7.12. The molecule has 1 N–H and O–H groups in total. The largest absolute Gasteiger partial charge is 0.405 e. The lowest BCUT2D eigenvalue weighted by atomic mass is 9.79. The van der Waals surface area contributed by atoms with Gasteiger partial charge in [0, 0.05) is 0 Å². The summed E-state index contributed by atoms with van der Waals surface area (Å²) < 4.78 is 54.1. The highest BCUT2D eigenvalue weighted by atomic mass is 32.2. The van der Waals surface area contributed by atoms with Crippen LogP contribution in [0.5, 0.6) is 0 Å². The Morgan fingerprint density at radius 2 is 1.55 bits per heavy atom. The molecule has 0 saturated carbocycles. The van der Waals surface area contributed by atoms with Crippen molar-refractivity contribution in [2.45, 2.75) is 58.0 Å². The maximum atomic E-state index is 13.5. The monoisotopic (exact) mass is 335 g/mol. The molecule has 0 aromatic heterocycles. The van der Waals surface area contributed by atoms with E-state index in [2.05, 4.69) is 4.72 Å². The van der Waals surface area contributed by atoms with E-state index in [1.165, 1.54) is 0 Å². The first-order valence-electron chi connectivity index (χ1n) is 7.13. The molecule has 0 fully saturated rings. The van der Waals surface area contributed by atoms with E-state index in [1.807, 2.05) is 6.07 Å². The van der Waals surface area contributed by atoms with Crippen molar-refractivity contribution in [1.29, 1.82) is 0 Å². The van der Waals surface area contributed by atoms with Gasteiger partial charge in [-0.15, -0.1) is 0 Å². The Morgan fingerprint density at radius 3 is 1.95 bits per heavy atom. The fourth-order valence-corrected chi connectivity index (χ4v) is 3.20. The van der Waals surface area contributed by atoms with Crippen LogP contribution in [-0.2, 0) is 17.4 Å². The average molecular weight is 335 g/mol. The molecule has 0 aliphatic rings. The molecule has 2 nitrogen and oxygen atoms in total. The van der Waals surface area contributed by atoms with Gasteiger partial charge in [-0.25, -0.2) is 8.93 Å². The normalized spacial score (nSPS) is 16.4. The Hall–Kier alpha value is -0.880. The van der Waals surface area contributed by atoms with Crippen LogP contribution in [0.3, 0.4) is 0 Å². The molecule has 0 heterocycles. The van der Waals surface area contributed by atoms with Gasteiger partial charge in [-0.05, 0) is 38.2 Å². The molecule has 0 aliphatic heterocycles. The van der Waals surface area contributed by atoms with E-state index >= 15 is 0 Å². The summed E-state index contributed by atoms with van der Waals surface area (Å²) in [5, 5.41) is 0. The molecule has 2 atom stereocenters. The van der Waals surface area contributed by atoms with Gasteiger partial charge in [-0.1, -0.05) is 44.2 Å². The van der Waals surface area contributed by atoms with Crippen LogP contribution in [-0.4, -0.2) is 21.2 Å². The molecule has 126 valence electrons. The predicted molar refractivity (Wildman–Crippen MR) is 84.8 cm³/mol. The first kappa shape index (κ1) is 19.2. The first-order valence-corrected chi connectivity index (χ1v) is 8.28. The van der Waals surface area contributed by atoms with Crippen LogP contribution < -0.4 is 4.72 Å². The Balaban J connectivity index is 3.03. The molecular formula is C16H24F3NOS. The van der Waals surface area contributed by atoms with Gasteiger partial charge < -0.3 is 0 Å². The van der Waals surface area contributed by atoms with Crippen molar-refractivity contribution in [3.05, 3.63) is 35.9 Å². The number of benzene rings is 1. The molecule has 1 rings (SSSR count). The molecule has 0 bridgehead atoms. The van der Waals surface area contributed by atoms with Gasteiger partial charge in [0.2, 0.25) is 0 Å². The van der Waals surface area contributed by atoms with Gasteiger partial charge >= 0.3 is 6.18 Å². The molecule has 0 saturated heterocycles. The van der Waals surface area contributed by atoms with E-state index in [1.54, 1.807) is 58.9 Å². The Morgan fingerprint density at radius 1 is 1.05 bits per heavy atom. The molecule has 1 aromatic rings. The summed E-state index contributed by atoms with van der Waals surface area (Å²) in [4.78, 5) is 0. The number of hydrogen-bond acceptors (Lipinski definition) is 1. The van der Waals surface area contributed by atoms with Crippen molar-refractivity contribution < 1.29 is 17.4 Å². The fraction of sp³-hybridized carbons (Fsp3) is 0.625. The molecule has 0 spiro atoms. The van der Waals surface area contributed by atoms with Crippen LogP contribution in [0, 0.1) is 5.41 Å². The third-order valence-corrected chi connectivity index (χ3v) is 4.95. The highest BCUT2D eigenvalue weighted by molar-refractivity contribution is 7.84. The van der Waals surface area contributed by atoms with Crippen molar-refractivity contribution in [3.63, 3.8) is 0 Å². The summed E-state index contributed by atoms with van der Waals surface area (Å²) >= 11 is 0. The van der Waals surface area contributed by atoms with Crippen LogP contribution in [0.4, 0.5) is 13.2 Å². The highest BCUT2D eigenvalue weighted by Crippen LogP contribution is 2.37. The zero-order chi connectivity index (χ0) is 17.2. The third kappa shape index (κ3) is 5.39. The van der Waals surface area contributed by atoms with Gasteiger partial charge in [0.25, 0.3) is 0 Å². The average Bonchev–Trinajstić information content (AvgIpc) is 2.33. The van der Waals surface area contributed by atoms with Gasteiger partial charge in [-0.3, -0.25) is 0 Å². The first-order chi connectivity index (χ1) is 9.84. The molecule has 0 radical (unpaired) electrons. The summed E-state index contributed by atoms with van der Waals surface area (Å²) in [6, 6.07) is 7.18. The SMILES string of the molecule is CC(C)(Cc1ccccc1)C(NS(=O)C(C)(C)C)C(F)(F)F. The maximum Gasteiger partial charge on any atom is 0.405 e. The molecule has 22 heavy (non-hydrogen) atoms. The zero-order valence-electron chi connectivity index (χ0n) is 13.6. The minimum absolute atomic E-state index is 0.242. The summed E-state index contributed by atoms with van der Waals surface area (Å²) in [5.41, 5.74) is -0.300. The van der Waals surface area contributed by atoms with Crippen LogP contribution in [0.25, 0.3) is 0 Å². The lowest BCUT2D eigenvalue weighted by molar-refractivity contribution is -0.174. The van der Waals surface area contributed by atoms with Crippen LogP contribution >= 0.6 is 0 Å². The standard InChI is InChI=1S/C16H24F3NOS/c1-14(2,3)22(21)20-13(16(17,18)19)15(4,5)11-12-9-7-6-8-10-12/h6-10,13,20H,11H2,1-5H3. The number of hydrogen-bond donors (Lipinski definition) is 1. The minimum atomic E-state index is -4.47. The number of nitrogens with one attached hydrogen (secondary N) is 1. The lowest BCUT2D eigenvalue weighted by Gasteiger charge is -2.37. The molecule has 0 aliphatic carbocycles. The summed E-state index contributed by atoms with van der Waals surface area (Å²) in [6.07, 6.45) is -4.23. The second-order valence-corrected chi connectivity index (χ2v) is 9.12. The van der Waals surface area contributed by atoms with Crippen LogP contribution in [0.1, 0.15) is 40.2 Å². The molecule has 1 aromatic carbocycles. The Labute approximate surface area is 133 Å². The fourth-order valence-electron chi connectivity index (χ4n) is 2.18. The predicted octanol–water partition coefficient (Wildman–Crippen LogP) is 4.24. The van der Waals surface area contributed by atoms with E-state index in [0.29, 0.717) is 0 Å². The van der Waals surface area contributed by atoms with Gasteiger partial charge in [0.1, 0.15) is 6.04 Å².